The van der Waals surface area contributed by atoms with Crippen molar-refractivity contribution in [2.75, 3.05) is 18.0 Å². The molecule has 0 radical (unpaired) electrons. The molecule has 0 amide bonds. The van der Waals surface area contributed by atoms with E-state index in [1.807, 2.05) is 34.7 Å². The second-order valence-corrected chi connectivity index (χ2v) is 8.38. The third kappa shape index (κ3) is 2.20. The van der Waals surface area contributed by atoms with E-state index in [-0.39, 0.29) is 5.56 Å². The zero-order valence-corrected chi connectivity index (χ0v) is 15.9. The van der Waals surface area contributed by atoms with Gasteiger partial charge in [-0.3, -0.25) is 9.20 Å². The summed E-state index contributed by atoms with van der Waals surface area (Å²) in [6, 6.07) is 9.85. The lowest BCUT2D eigenvalue weighted by molar-refractivity contribution is 0.575. The summed E-state index contributed by atoms with van der Waals surface area (Å²) in [4.78, 5) is 22.9. The first-order valence-corrected chi connectivity index (χ1v) is 10.1. The number of pyridine rings is 1. The minimum absolute atomic E-state index is 0.0297. The zero-order chi connectivity index (χ0) is 17.8. The number of thiophene rings is 1. The van der Waals surface area contributed by atoms with Crippen LogP contribution in [0, 0.1) is 13.8 Å². The summed E-state index contributed by atoms with van der Waals surface area (Å²) in [5, 5.41) is 2.86. The Hall–Kier alpha value is -2.40. The summed E-state index contributed by atoms with van der Waals surface area (Å²) >= 11 is 1.71. The SMILES string of the molecule is Cc1sc2c(c(N3CCCCC3)nc3cc4ccccc4c(=O)n32)c1C. The van der Waals surface area contributed by atoms with E-state index in [4.69, 9.17) is 4.98 Å². The molecule has 0 spiro atoms. The number of aromatic nitrogens is 2. The Balaban J connectivity index is 1.95. The van der Waals surface area contributed by atoms with E-state index in [1.54, 1.807) is 11.3 Å². The van der Waals surface area contributed by atoms with E-state index >= 15 is 0 Å². The number of hydrogen-bond acceptors (Lipinski definition) is 4. The van der Waals surface area contributed by atoms with Crippen LogP contribution >= 0.6 is 11.3 Å². The fourth-order valence-electron chi connectivity index (χ4n) is 4.05. The highest BCUT2D eigenvalue weighted by molar-refractivity contribution is 7.19. The molecular formula is C21H21N3OS. The van der Waals surface area contributed by atoms with Gasteiger partial charge in [-0.25, -0.2) is 4.98 Å². The highest BCUT2D eigenvalue weighted by Gasteiger charge is 2.22. The lowest BCUT2D eigenvalue weighted by atomic mass is 10.1. The maximum absolute atomic E-state index is 13.2. The van der Waals surface area contributed by atoms with Gasteiger partial charge in [0, 0.05) is 23.4 Å². The summed E-state index contributed by atoms with van der Waals surface area (Å²) in [6.45, 7) is 6.38. The summed E-state index contributed by atoms with van der Waals surface area (Å²) in [5.74, 6) is 1.05. The first kappa shape index (κ1) is 15.8. The van der Waals surface area contributed by atoms with E-state index in [9.17, 15) is 4.79 Å². The van der Waals surface area contributed by atoms with Crippen LogP contribution in [0.4, 0.5) is 5.82 Å². The number of hydrogen-bond donors (Lipinski definition) is 0. The molecule has 5 rings (SSSR count). The summed E-state index contributed by atoms with van der Waals surface area (Å²) in [7, 11) is 0. The smallest absolute Gasteiger partial charge is 0.265 e. The lowest BCUT2D eigenvalue weighted by Gasteiger charge is -2.29. The van der Waals surface area contributed by atoms with Crippen LogP contribution in [0.2, 0.25) is 0 Å². The van der Waals surface area contributed by atoms with E-state index < -0.39 is 0 Å². The van der Waals surface area contributed by atoms with Gasteiger partial charge in [-0.1, -0.05) is 18.2 Å². The Morgan fingerprint density at radius 1 is 1.08 bits per heavy atom. The second-order valence-electron chi connectivity index (χ2n) is 7.18. The van der Waals surface area contributed by atoms with Gasteiger partial charge in [-0.2, -0.15) is 0 Å². The molecule has 1 aliphatic heterocycles. The number of nitrogens with zero attached hydrogens (tertiary/aromatic N) is 3. The van der Waals surface area contributed by atoms with Crippen LogP contribution in [0.25, 0.3) is 26.6 Å². The summed E-state index contributed by atoms with van der Waals surface area (Å²) in [6.07, 6.45) is 3.71. The first-order valence-electron chi connectivity index (χ1n) is 9.24. The third-order valence-electron chi connectivity index (χ3n) is 5.58. The van der Waals surface area contributed by atoms with E-state index in [2.05, 4.69) is 18.7 Å². The van der Waals surface area contributed by atoms with Gasteiger partial charge in [0.25, 0.3) is 5.56 Å². The number of fused-ring (bicyclic) bond motifs is 4. The number of benzene rings is 1. The second kappa shape index (κ2) is 5.81. The van der Waals surface area contributed by atoms with E-state index in [1.165, 1.54) is 29.7 Å². The Labute approximate surface area is 155 Å². The van der Waals surface area contributed by atoms with Crippen molar-refractivity contribution in [2.45, 2.75) is 33.1 Å². The van der Waals surface area contributed by atoms with Gasteiger partial charge in [0.05, 0.1) is 5.39 Å². The minimum atomic E-state index is 0.0297. The molecule has 5 heteroatoms. The molecule has 3 aromatic heterocycles. The maximum Gasteiger partial charge on any atom is 0.265 e. The van der Waals surface area contributed by atoms with Crippen molar-refractivity contribution < 1.29 is 0 Å². The van der Waals surface area contributed by atoms with Crippen LogP contribution < -0.4 is 10.5 Å². The van der Waals surface area contributed by atoms with Gasteiger partial charge in [0.15, 0.2) is 0 Å². The average Bonchev–Trinajstić information content (AvgIpc) is 2.96. The molecule has 4 heterocycles. The van der Waals surface area contributed by atoms with Crippen molar-refractivity contribution >= 4 is 43.8 Å². The summed E-state index contributed by atoms with van der Waals surface area (Å²) in [5.41, 5.74) is 2.03. The fourth-order valence-corrected chi connectivity index (χ4v) is 5.21. The lowest BCUT2D eigenvalue weighted by Crippen LogP contribution is -2.31. The molecule has 1 saturated heterocycles. The topological polar surface area (TPSA) is 37.6 Å². The molecular weight excluding hydrogens is 342 g/mol. The molecule has 4 aromatic rings. The average molecular weight is 363 g/mol. The van der Waals surface area contributed by atoms with Crippen molar-refractivity contribution in [1.29, 1.82) is 0 Å². The standard InChI is InChI=1S/C21H21N3OS/c1-13-14(2)26-21-18(13)19(23-10-6-3-7-11-23)22-17-12-15-8-4-5-9-16(15)20(25)24(17)21/h4-5,8-9,12H,3,6-7,10-11H2,1-2H3. The van der Waals surface area contributed by atoms with Crippen LogP contribution in [0.3, 0.4) is 0 Å². The molecule has 0 aliphatic carbocycles. The van der Waals surface area contributed by atoms with Crippen LogP contribution in [-0.4, -0.2) is 22.5 Å². The highest BCUT2D eigenvalue weighted by Crippen LogP contribution is 2.37. The highest BCUT2D eigenvalue weighted by atomic mass is 32.1. The van der Waals surface area contributed by atoms with Gasteiger partial charge in [-0.15, -0.1) is 11.3 Å². The Bertz CT molecular complexity index is 1220. The molecule has 0 atom stereocenters. The van der Waals surface area contributed by atoms with Crippen molar-refractivity contribution in [3.63, 3.8) is 0 Å². The Kier molecular flexibility index (Phi) is 3.54. The number of anilines is 1. The van der Waals surface area contributed by atoms with Gasteiger partial charge >= 0.3 is 0 Å². The monoisotopic (exact) mass is 363 g/mol. The summed E-state index contributed by atoms with van der Waals surface area (Å²) < 4.78 is 1.82. The van der Waals surface area contributed by atoms with Crippen molar-refractivity contribution in [3.05, 3.63) is 51.1 Å². The predicted octanol–water partition coefficient (Wildman–Crippen LogP) is 4.67. The molecule has 0 unspecified atom stereocenters. The van der Waals surface area contributed by atoms with E-state index in [0.29, 0.717) is 0 Å². The molecule has 1 fully saturated rings. The minimum Gasteiger partial charge on any atom is -0.356 e. The van der Waals surface area contributed by atoms with Crippen molar-refractivity contribution in [3.8, 4) is 0 Å². The molecule has 0 saturated carbocycles. The normalized spacial score (nSPS) is 15.4. The zero-order valence-electron chi connectivity index (χ0n) is 15.1. The van der Waals surface area contributed by atoms with Crippen LogP contribution in [0.5, 0.6) is 0 Å². The molecule has 1 aliphatic rings. The largest absolute Gasteiger partial charge is 0.356 e. The molecule has 1 aromatic carbocycles. The Morgan fingerprint density at radius 3 is 2.65 bits per heavy atom. The number of aryl methyl sites for hydroxylation is 2. The van der Waals surface area contributed by atoms with Crippen molar-refractivity contribution in [1.82, 2.24) is 9.38 Å². The van der Waals surface area contributed by atoms with Gasteiger partial charge in [0.2, 0.25) is 0 Å². The Morgan fingerprint density at radius 2 is 1.85 bits per heavy atom. The van der Waals surface area contributed by atoms with Gasteiger partial charge < -0.3 is 4.90 Å². The number of piperidine rings is 1. The van der Waals surface area contributed by atoms with Crippen molar-refractivity contribution in [2.24, 2.45) is 0 Å². The molecule has 132 valence electrons. The molecule has 0 bridgehead atoms. The molecule has 4 nitrogen and oxygen atoms in total. The quantitative estimate of drug-likeness (QED) is 0.461. The predicted molar refractivity (Wildman–Crippen MR) is 110 cm³/mol. The maximum atomic E-state index is 13.2. The number of rotatable bonds is 1. The molecule has 26 heavy (non-hydrogen) atoms. The van der Waals surface area contributed by atoms with E-state index in [0.717, 1.165) is 45.5 Å². The van der Waals surface area contributed by atoms with Gasteiger partial charge in [0.1, 0.15) is 16.3 Å². The van der Waals surface area contributed by atoms with Crippen LogP contribution in [0.15, 0.2) is 35.1 Å². The first-order chi connectivity index (χ1) is 12.6. The third-order valence-corrected chi connectivity index (χ3v) is 6.77. The van der Waals surface area contributed by atoms with Crippen LogP contribution in [-0.2, 0) is 0 Å². The fraction of sp³-hybridized carbons (Fsp3) is 0.333. The molecule has 0 N–H and O–H groups in total. The van der Waals surface area contributed by atoms with Crippen LogP contribution in [0.1, 0.15) is 29.7 Å². The van der Waals surface area contributed by atoms with Gasteiger partial charge in [-0.05, 0) is 56.2 Å².